The number of nitrogens with one attached hydrogen (secondary N) is 3. The first-order valence-corrected chi connectivity index (χ1v) is 9.77. The molecule has 1 saturated carbocycles. The molecule has 0 atom stereocenters. The van der Waals surface area contributed by atoms with E-state index < -0.39 is 0 Å². The van der Waals surface area contributed by atoms with E-state index in [-0.39, 0.29) is 36.4 Å². The van der Waals surface area contributed by atoms with E-state index in [2.05, 4.69) is 27.0 Å². The van der Waals surface area contributed by atoms with E-state index in [1.807, 2.05) is 6.92 Å². The van der Waals surface area contributed by atoms with Crippen molar-refractivity contribution in [2.45, 2.75) is 77.2 Å². The number of hydrogen-bond acceptors (Lipinski definition) is 2. The van der Waals surface area contributed by atoms with Crippen molar-refractivity contribution in [1.82, 2.24) is 16.0 Å². The summed E-state index contributed by atoms with van der Waals surface area (Å²) in [5, 5.41) is 9.68. The quantitative estimate of drug-likeness (QED) is 0.235. The highest BCUT2D eigenvalue weighted by Gasteiger charge is 2.15. The Balaban J connectivity index is 0.00000312. The molecule has 0 aromatic heterocycles. The van der Waals surface area contributed by atoms with E-state index in [0.717, 1.165) is 38.3 Å². The Kier molecular flexibility index (Phi) is 11.9. The maximum absolute atomic E-state index is 12.1. The lowest BCUT2D eigenvalue weighted by molar-refractivity contribution is -0.120. The number of allylic oxidation sites excluding steroid dienone is 1. The molecule has 5 nitrogen and oxygen atoms in total. The molecule has 0 unspecified atom stereocenters. The van der Waals surface area contributed by atoms with Crippen LogP contribution in [0.2, 0.25) is 0 Å². The summed E-state index contributed by atoms with van der Waals surface area (Å²) in [5.41, 5.74) is 1.56. The number of hydrogen-bond donors (Lipinski definition) is 3. The average molecular weight is 462 g/mol. The van der Waals surface area contributed by atoms with E-state index in [9.17, 15) is 4.79 Å². The minimum atomic E-state index is 0. The van der Waals surface area contributed by atoms with Gasteiger partial charge < -0.3 is 16.0 Å². The fraction of sp³-hybridized carbons (Fsp3) is 0.789. The Morgan fingerprint density at radius 3 is 2.64 bits per heavy atom. The lowest BCUT2D eigenvalue weighted by Crippen LogP contribution is -2.41. The van der Waals surface area contributed by atoms with Gasteiger partial charge in [-0.3, -0.25) is 4.79 Å². The van der Waals surface area contributed by atoms with E-state index >= 15 is 0 Å². The first-order chi connectivity index (χ1) is 11.8. The highest BCUT2D eigenvalue weighted by atomic mass is 127. The van der Waals surface area contributed by atoms with Crippen molar-refractivity contribution in [3.63, 3.8) is 0 Å². The van der Waals surface area contributed by atoms with E-state index in [1.165, 1.54) is 44.9 Å². The van der Waals surface area contributed by atoms with Crippen molar-refractivity contribution >= 4 is 35.8 Å². The molecule has 0 aliphatic heterocycles. The van der Waals surface area contributed by atoms with Crippen molar-refractivity contribution in [3.8, 4) is 0 Å². The van der Waals surface area contributed by atoms with Crippen LogP contribution in [0.4, 0.5) is 0 Å². The zero-order chi connectivity index (χ0) is 17.0. The molecule has 1 amide bonds. The van der Waals surface area contributed by atoms with Gasteiger partial charge in [0.05, 0.1) is 0 Å². The first-order valence-electron chi connectivity index (χ1n) is 9.77. The van der Waals surface area contributed by atoms with Crippen LogP contribution in [0.3, 0.4) is 0 Å². The smallest absolute Gasteiger partial charge is 0.242 e. The highest BCUT2D eigenvalue weighted by molar-refractivity contribution is 14.0. The molecule has 0 bridgehead atoms. The molecular formula is C19H35IN4O. The molecule has 0 spiro atoms. The second-order valence-corrected chi connectivity index (χ2v) is 6.88. The zero-order valence-corrected chi connectivity index (χ0v) is 17.9. The summed E-state index contributed by atoms with van der Waals surface area (Å²) in [6.07, 6.45) is 14.6. The third-order valence-corrected chi connectivity index (χ3v) is 4.82. The van der Waals surface area contributed by atoms with E-state index in [0.29, 0.717) is 6.04 Å². The number of carbonyl (C=O) groups is 1. The van der Waals surface area contributed by atoms with E-state index in [1.54, 1.807) is 5.57 Å². The van der Waals surface area contributed by atoms with Gasteiger partial charge in [-0.1, -0.05) is 30.9 Å². The van der Waals surface area contributed by atoms with Gasteiger partial charge in [-0.25, -0.2) is 4.99 Å². The summed E-state index contributed by atoms with van der Waals surface area (Å²) in [7, 11) is 0. The van der Waals surface area contributed by atoms with Crippen LogP contribution in [0.1, 0.15) is 71.1 Å². The van der Waals surface area contributed by atoms with Gasteiger partial charge in [0.2, 0.25) is 5.91 Å². The monoisotopic (exact) mass is 462 g/mol. The van der Waals surface area contributed by atoms with Crippen molar-refractivity contribution in [1.29, 1.82) is 0 Å². The van der Waals surface area contributed by atoms with Crippen molar-refractivity contribution < 1.29 is 4.79 Å². The van der Waals surface area contributed by atoms with Gasteiger partial charge in [0.25, 0.3) is 0 Å². The molecule has 2 aliphatic rings. The summed E-state index contributed by atoms with van der Waals surface area (Å²) in [5.74, 6) is 0.779. The Labute approximate surface area is 169 Å². The standard InChI is InChI=1S/C19H34N4O.HI/c1-2-20-19(21-14-13-16-9-5-3-6-10-16)22-15-18(24)23-17-11-7-4-8-12-17;/h9,17H,2-8,10-15H2,1H3,(H,23,24)(H2,20,21,22);1H. The molecule has 0 heterocycles. The van der Waals surface area contributed by atoms with Crippen LogP contribution < -0.4 is 16.0 Å². The van der Waals surface area contributed by atoms with Gasteiger partial charge >= 0.3 is 0 Å². The van der Waals surface area contributed by atoms with Crippen LogP contribution in [-0.4, -0.2) is 37.5 Å². The second-order valence-electron chi connectivity index (χ2n) is 6.88. The highest BCUT2D eigenvalue weighted by Crippen LogP contribution is 2.19. The Morgan fingerprint density at radius 2 is 1.96 bits per heavy atom. The van der Waals surface area contributed by atoms with E-state index in [4.69, 9.17) is 0 Å². The number of rotatable bonds is 7. The van der Waals surface area contributed by atoms with Gasteiger partial charge in [0.1, 0.15) is 6.54 Å². The first kappa shape index (κ1) is 22.3. The van der Waals surface area contributed by atoms with Crippen LogP contribution in [0.25, 0.3) is 0 Å². The number of nitrogens with zero attached hydrogens (tertiary/aromatic N) is 1. The zero-order valence-electron chi connectivity index (χ0n) is 15.6. The number of halogens is 1. The fourth-order valence-corrected chi connectivity index (χ4v) is 3.49. The molecule has 6 heteroatoms. The van der Waals surface area contributed by atoms with Crippen LogP contribution in [-0.2, 0) is 4.79 Å². The number of amides is 1. The molecule has 144 valence electrons. The molecule has 0 aromatic rings. The van der Waals surface area contributed by atoms with Gasteiger partial charge in [0.15, 0.2) is 5.96 Å². The molecule has 0 aromatic carbocycles. The van der Waals surface area contributed by atoms with Gasteiger partial charge in [-0.15, -0.1) is 24.0 Å². The minimum absolute atomic E-state index is 0. The second kappa shape index (κ2) is 13.4. The van der Waals surface area contributed by atoms with Crippen molar-refractivity contribution in [2.24, 2.45) is 4.99 Å². The Morgan fingerprint density at radius 1 is 1.16 bits per heavy atom. The topological polar surface area (TPSA) is 65.5 Å². The lowest BCUT2D eigenvalue weighted by atomic mass is 9.95. The third kappa shape index (κ3) is 9.47. The summed E-state index contributed by atoms with van der Waals surface area (Å²) < 4.78 is 0. The Bertz CT molecular complexity index is 445. The average Bonchev–Trinajstić information content (AvgIpc) is 2.61. The largest absolute Gasteiger partial charge is 0.357 e. The molecule has 2 aliphatic carbocycles. The molecule has 3 N–H and O–H groups in total. The predicted octanol–water partition coefficient (Wildman–Crippen LogP) is 3.50. The number of guanidine groups is 1. The fourth-order valence-electron chi connectivity index (χ4n) is 3.49. The SMILES string of the molecule is CCNC(=NCC(=O)NC1CCCCC1)NCCC1=CCCCC1.I. The van der Waals surface area contributed by atoms with Crippen LogP contribution in [0.15, 0.2) is 16.6 Å². The summed E-state index contributed by atoms with van der Waals surface area (Å²) >= 11 is 0. The molecule has 0 radical (unpaired) electrons. The predicted molar refractivity (Wildman–Crippen MR) is 116 cm³/mol. The van der Waals surface area contributed by atoms with Crippen LogP contribution in [0, 0.1) is 0 Å². The van der Waals surface area contributed by atoms with Crippen molar-refractivity contribution in [3.05, 3.63) is 11.6 Å². The number of aliphatic imine (C=N–C) groups is 1. The summed E-state index contributed by atoms with van der Waals surface area (Å²) in [4.78, 5) is 16.5. The molecule has 2 rings (SSSR count). The number of carbonyl (C=O) groups excluding carboxylic acids is 1. The van der Waals surface area contributed by atoms with Crippen molar-refractivity contribution in [2.75, 3.05) is 19.6 Å². The van der Waals surface area contributed by atoms with Crippen LogP contribution >= 0.6 is 24.0 Å². The van der Waals surface area contributed by atoms with Gasteiger partial charge in [-0.2, -0.15) is 0 Å². The molecular weight excluding hydrogens is 427 g/mol. The summed E-state index contributed by atoms with van der Waals surface area (Å²) in [6, 6.07) is 0.357. The normalized spacial score (nSPS) is 18.8. The lowest BCUT2D eigenvalue weighted by Gasteiger charge is -2.22. The maximum atomic E-state index is 12.1. The maximum Gasteiger partial charge on any atom is 0.242 e. The van der Waals surface area contributed by atoms with Crippen LogP contribution in [0.5, 0.6) is 0 Å². The summed E-state index contributed by atoms with van der Waals surface area (Å²) in [6.45, 7) is 3.93. The third-order valence-electron chi connectivity index (χ3n) is 4.82. The van der Waals surface area contributed by atoms with Gasteiger partial charge in [0, 0.05) is 19.1 Å². The molecule has 25 heavy (non-hydrogen) atoms. The molecule has 0 saturated heterocycles. The Hall–Kier alpha value is -0.790. The molecule has 1 fully saturated rings. The van der Waals surface area contributed by atoms with Gasteiger partial charge in [-0.05, 0) is 51.9 Å². The minimum Gasteiger partial charge on any atom is -0.357 e.